The van der Waals surface area contributed by atoms with Crippen LogP contribution in [0.2, 0.25) is 0 Å². The number of benzene rings is 1. The zero-order valence-electron chi connectivity index (χ0n) is 8.23. The van der Waals surface area contributed by atoms with Crippen molar-refractivity contribution >= 4 is 10.8 Å². The van der Waals surface area contributed by atoms with Crippen LogP contribution < -0.4 is 0 Å². The van der Waals surface area contributed by atoms with E-state index >= 15 is 0 Å². The molecule has 82 valence electrons. The first-order valence-corrected chi connectivity index (χ1v) is 5.95. The van der Waals surface area contributed by atoms with Crippen LogP contribution in [0.4, 0.5) is 4.39 Å². The zero-order chi connectivity index (χ0) is 11.3. The Bertz CT molecular complexity index is 348. The van der Waals surface area contributed by atoms with E-state index in [4.69, 9.17) is 0 Å². The van der Waals surface area contributed by atoms with E-state index < -0.39 is 16.9 Å². The van der Waals surface area contributed by atoms with E-state index in [1.165, 1.54) is 29.7 Å². The van der Waals surface area contributed by atoms with E-state index in [2.05, 4.69) is 6.58 Å². The second-order valence-electron chi connectivity index (χ2n) is 3.11. The largest absolute Gasteiger partial charge is 0.388 e. The molecule has 15 heavy (non-hydrogen) atoms. The van der Waals surface area contributed by atoms with Gasteiger partial charge in [-0.2, -0.15) is 0 Å². The Morgan fingerprint density at radius 1 is 1.47 bits per heavy atom. The van der Waals surface area contributed by atoms with Crippen LogP contribution in [0.3, 0.4) is 0 Å². The second kappa shape index (κ2) is 5.78. The van der Waals surface area contributed by atoms with Gasteiger partial charge in [-0.05, 0) is 29.5 Å². The molecule has 0 heterocycles. The molecule has 0 radical (unpaired) electrons. The first-order valence-electron chi connectivity index (χ1n) is 4.56. The SMILES string of the molecule is C=CS(=O)CCC(O)c1ccc(F)cc1. The van der Waals surface area contributed by atoms with Gasteiger partial charge in [-0.3, -0.25) is 4.21 Å². The van der Waals surface area contributed by atoms with Crippen LogP contribution in [0.5, 0.6) is 0 Å². The van der Waals surface area contributed by atoms with E-state index in [-0.39, 0.29) is 5.82 Å². The number of halogens is 1. The maximum absolute atomic E-state index is 12.6. The molecule has 0 aliphatic rings. The highest BCUT2D eigenvalue weighted by Crippen LogP contribution is 2.17. The summed E-state index contributed by atoms with van der Waals surface area (Å²) in [4.78, 5) is 0. The lowest BCUT2D eigenvalue weighted by Crippen LogP contribution is -2.03. The van der Waals surface area contributed by atoms with E-state index in [0.717, 1.165) is 0 Å². The smallest absolute Gasteiger partial charge is 0.123 e. The monoisotopic (exact) mass is 228 g/mol. The Kier molecular flexibility index (Phi) is 4.65. The molecule has 2 nitrogen and oxygen atoms in total. The first kappa shape index (κ1) is 12.1. The van der Waals surface area contributed by atoms with Crippen molar-refractivity contribution in [2.24, 2.45) is 0 Å². The summed E-state index contributed by atoms with van der Waals surface area (Å²) >= 11 is 0. The van der Waals surface area contributed by atoms with Gasteiger partial charge < -0.3 is 5.11 Å². The van der Waals surface area contributed by atoms with Crippen LogP contribution in [0.25, 0.3) is 0 Å². The average molecular weight is 228 g/mol. The molecule has 4 heteroatoms. The van der Waals surface area contributed by atoms with Crippen molar-refractivity contribution in [2.75, 3.05) is 5.75 Å². The van der Waals surface area contributed by atoms with Crippen LogP contribution in [0.15, 0.2) is 36.3 Å². The topological polar surface area (TPSA) is 37.3 Å². The molecule has 1 aromatic rings. The van der Waals surface area contributed by atoms with Gasteiger partial charge in [0.05, 0.1) is 6.10 Å². The fourth-order valence-electron chi connectivity index (χ4n) is 1.16. The van der Waals surface area contributed by atoms with Crippen LogP contribution in [-0.4, -0.2) is 15.1 Å². The third kappa shape index (κ3) is 3.93. The van der Waals surface area contributed by atoms with Gasteiger partial charge in [0.15, 0.2) is 0 Å². The Balaban J connectivity index is 2.53. The third-order valence-electron chi connectivity index (χ3n) is 2.03. The van der Waals surface area contributed by atoms with Crippen molar-refractivity contribution in [3.8, 4) is 0 Å². The molecule has 0 bridgehead atoms. The van der Waals surface area contributed by atoms with Gasteiger partial charge in [-0.15, -0.1) is 0 Å². The highest BCUT2D eigenvalue weighted by Gasteiger charge is 2.08. The summed E-state index contributed by atoms with van der Waals surface area (Å²) in [5.74, 6) is 0.0304. The molecule has 0 amide bonds. The van der Waals surface area contributed by atoms with Gasteiger partial charge in [-0.25, -0.2) is 4.39 Å². The van der Waals surface area contributed by atoms with Gasteiger partial charge in [0.25, 0.3) is 0 Å². The minimum absolute atomic E-state index is 0.333. The standard InChI is InChI=1S/C11H13FO2S/c1-2-15(14)8-7-11(13)9-3-5-10(12)6-4-9/h2-6,11,13H,1,7-8H2. The van der Waals surface area contributed by atoms with E-state index in [1.807, 2.05) is 0 Å². The number of rotatable bonds is 5. The summed E-state index contributed by atoms with van der Waals surface area (Å²) in [6, 6.07) is 5.64. The Morgan fingerprint density at radius 3 is 2.60 bits per heavy atom. The van der Waals surface area contributed by atoms with Crippen LogP contribution >= 0.6 is 0 Å². The molecule has 0 saturated heterocycles. The summed E-state index contributed by atoms with van der Waals surface area (Å²) in [5, 5.41) is 11.0. The molecule has 1 aromatic carbocycles. The van der Waals surface area contributed by atoms with Crippen molar-refractivity contribution in [1.29, 1.82) is 0 Å². The molecule has 2 atom stereocenters. The Labute approximate surface area is 90.9 Å². The van der Waals surface area contributed by atoms with Crippen molar-refractivity contribution < 1.29 is 13.7 Å². The molecule has 1 N–H and O–H groups in total. The van der Waals surface area contributed by atoms with Crippen molar-refractivity contribution in [3.63, 3.8) is 0 Å². The van der Waals surface area contributed by atoms with Gasteiger partial charge in [-0.1, -0.05) is 18.7 Å². The first-order chi connectivity index (χ1) is 7.13. The lowest BCUT2D eigenvalue weighted by atomic mass is 10.1. The third-order valence-corrected chi connectivity index (χ3v) is 3.04. The molecule has 0 fully saturated rings. The van der Waals surface area contributed by atoms with E-state index in [0.29, 0.717) is 17.7 Å². The van der Waals surface area contributed by atoms with E-state index in [9.17, 15) is 13.7 Å². The molecule has 0 spiro atoms. The number of hydrogen-bond acceptors (Lipinski definition) is 2. The Morgan fingerprint density at radius 2 is 2.07 bits per heavy atom. The lowest BCUT2D eigenvalue weighted by Gasteiger charge is -2.09. The van der Waals surface area contributed by atoms with Gasteiger partial charge in [0, 0.05) is 16.6 Å². The lowest BCUT2D eigenvalue weighted by molar-refractivity contribution is 0.174. The second-order valence-corrected chi connectivity index (χ2v) is 4.61. The van der Waals surface area contributed by atoms with Gasteiger partial charge in [0.1, 0.15) is 5.82 Å². The number of aliphatic hydroxyl groups is 1. The van der Waals surface area contributed by atoms with Crippen LogP contribution in [0, 0.1) is 5.82 Å². The summed E-state index contributed by atoms with van der Waals surface area (Å²) < 4.78 is 23.6. The van der Waals surface area contributed by atoms with Gasteiger partial charge in [0.2, 0.25) is 0 Å². The average Bonchev–Trinajstić information content (AvgIpc) is 2.26. The number of aliphatic hydroxyl groups excluding tert-OH is 1. The number of hydrogen-bond donors (Lipinski definition) is 1. The molecule has 0 saturated carbocycles. The summed E-state index contributed by atoms with van der Waals surface area (Å²) in [6.45, 7) is 3.39. The predicted molar refractivity (Wildman–Crippen MR) is 59.2 cm³/mol. The van der Waals surface area contributed by atoms with Crippen LogP contribution in [0.1, 0.15) is 18.1 Å². The molecule has 0 aliphatic heterocycles. The minimum Gasteiger partial charge on any atom is -0.388 e. The highest BCUT2D eigenvalue weighted by atomic mass is 32.2. The predicted octanol–water partition coefficient (Wildman–Crippen LogP) is 2.14. The van der Waals surface area contributed by atoms with Crippen molar-refractivity contribution in [2.45, 2.75) is 12.5 Å². The summed E-state index contributed by atoms with van der Waals surface area (Å²) in [6.07, 6.45) is -0.320. The van der Waals surface area contributed by atoms with Crippen molar-refractivity contribution in [3.05, 3.63) is 47.6 Å². The maximum atomic E-state index is 12.6. The molecule has 1 rings (SSSR count). The van der Waals surface area contributed by atoms with Crippen molar-refractivity contribution in [1.82, 2.24) is 0 Å². The minimum atomic E-state index is -1.10. The normalized spacial score (nSPS) is 14.5. The molecular formula is C11H13FO2S. The fourth-order valence-corrected chi connectivity index (χ4v) is 1.78. The van der Waals surface area contributed by atoms with Gasteiger partial charge >= 0.3 is 0 Å². The molecule has 0 aliphatic carbocycles. The quantitative estimate of drug-likeness (QED) is 0.838. The molecule has 2 unspecified atom stereocenters. The summed E-state index contributed by atoms with van der Waals surface area (Å²) in [5.41, 5.74) is 0.637. The highest BCUT2D eigenvalue weighted by molar-refractivity contribution is 7.87. The van der Waals surface area contributed by atoms with E-state index in [1.54, 1.807) is 0 Å². The maximum Gasteiger partial charge on any atom is 0.123 e. The summed E-state index contributed by atoms with van der Waals surface area (Å²) in [7, 11) is -1.10. The molecular weight excluding hydrogens is 215 g/mol. The zero-order valence-corrected chi connectivity index (χ0v) is 9.04. The Hall–Kier alpha value is -1.00. The molecule has 0 aromatic heterocycles. The van der Waals surface area contributed by atoms with Crippen LogP contribution in [-0.2, 0) is 10.8 Å². The fraction of sp³-hybridized carbons (Fsp3) is 0.273.